The number of ether oxygens (including phenoxy) is 2. The molecule has 64 heavy (non-hydrogen) atoms. The zero-order chi connectivity index (χ0) is 47.1. The zero-order valence-corrected chi connectivity index (χ0v) is 39.7. The van der Waals surface area contributed by atoms with Crippen molar-refractivity contribution in [3.8, 4) is 0 Å². The number of hydrogen-bond donors (Lipinski definition) is 6. The smallest absolute Gasteiger partial charge is 0.462 e. The predicted octanol–water partition coefficient (Wildman–Crippen LogP) is 9.67. The van der Waals surface area contributed by atoms with Crippen LogP contribution in [0.1, 0.15) is 162 Å². The van der Waals surface area contributed by atoms with Gasteiger partial charge in [0.2, 0.25) is 0 Å². The minimum absolute atomic E-state index is 0.0173. The fourth-order valence-electron chi connectivity index (χ4n) is 6.66. The van der Waals surface area contributed by atoms with Crippen LogP contribution in [0.15, 0.2) is 85.1 Å². The molecule has 1 saturated carbocycles. The Labute approximate surface area is 384 Å². The van der Waals surface area contributed by atoms with Gasteiger partial charge in [-0.05, 0) is 77.0 Å². The summed E-state index contributed by atoms with van der Waals surface area (Å²) in [5.41, 5.74) is 0. The monoisotopic (exact) mass is 923 g/mol. The van der Waals surface area contributed by atoms with Gasteiger partial charge in [0, 0.05) is 12.8 Å². The highest BCUT2D eigenvalue weighted by atomic mass is 31.2. The topological polar surface area (TPSA) is 210 Å². The number of phosphoric ester groups is 1. The van der Waals surface area contributed by atoms with Crippen molar-refractivity contribution in [2.45, 2.75) is 204 Å². The number of hydrogen-bond acceptors (Lipinski definition) is 12. The first-order valence-corrected chi connectivity index (χ1v) is 25.4. The van der Waals surface area contributed by atoms with Crippen LogP contribution in [-0.4, -0.2) is 98.3 Å². The third-order valence-electron chi connectivity index (χ3n) is 10.5. The normalized spacial score (nSPS) is 22.3. The van der Waals surface area contributed by atoms with Crippen LogP contribution in [0.4, 0.5) is 0 Å². The van der Waals surface area contributed by atoms with Crippen LogP contribution in [0, 0.1) is 0 Å². The van der Waals surface area contributed by atoms with Gasteiger partial charge >= 0.3 is 19.8 Å². The molecule has 0 aromatic carbocycles. The van der Waals surface area contributed by atoms with Crippen LogP contribution in [0.5, 0.6) is 0 Å². The molecule has 0 aliphatic heterocycles. The van der Waals surface area contributed by atoms with E-state index < -0.39 is 75.7 Å². The summed E-state index contributed by atoms with van der Waals surface area (Å²) in [6, 6.07) is 0. The van der Waals surface area contributed by atoms with Crippen molar-refractivity contribution in [2.75, 3.05) is 13.2 Å². The quantitative estimate of drug-likeness (QED) is 0.0148. The van der Waals surface area contributed by atoms with Gasteiger partial charge in [0.25, 0.3) is 0 Å². The summed E-state index contributed by atoms with van der Waals surface area (Å²) in [4.78, 5) is 35.7. The minimum Gasteiger partial charge on any atom is -0.462 e. The van der Waals surface area contributed by atoms with Crippen LogP contribution in [0.3, 0.4) is 0 Å². The second-order valence-electron chi connectivity index (χ2n) is 16.2. The average Bonchev–Trinajstić information content (AvgIpc) is 3.28. The molecule has 0 spiro atoms. The van der Waals surface area contributed by atoms with E-state index in [0.29, 0.717) is 12.8 Å². The number of allylic oxidation sites excluding steroid dienone is 14. The number of aliphatic hydroxyl groups excluding tert-OH is 5. The highest BCUT2D eigenvalue weighted by molar-refractivity contribution is 7.47. The molecule has 0 saturated heterocycles. The maximum absolute atomic E-state index is 12.8. The summed E-state index contributed by atoms with van der Waals surface area (Å²) in [5.74, 6) is -1.20. The molecule has 0 radical (unpaired) electrons. The minimum atomic E-state index is -5.14. The molecule has 366 valence electrons. The fourth-order valence-corrected chi connectivity index (χ4v) is 7.63. The van der Waals surface area contributed by atoms with Crippen LogP contribution in [-0.2, 0) is 32.7 Å². The Morgan fingerprint density at radius 1 is 0.500 bits per heavy atom. The van der Waals surface area contributed by atoms with Crippen molar-refractivity contribution < 1.29 is 63.1 Å². The third kappa shape index (κ3) is 31.0. The van der Waals surface area contributed by atoms with E-state index in [4.69, 9.17) is 18.5 Å². The number of unbranched alkanes of at least 4 members (excludes halogenated alkanes) is 12. The Morgan fingerprint density at radius 3 is 1.42 bits per heavy atom. The van der Waals surface area contributed by atoms with Crippen molar-refractivity contribution in [1.29, 1.82) is 0 Å². The highest BCUT2D eigenvalue weighted by Gasteiger charge is 2.51. The number of rotatable bonds is 38. The van der Waals surface area contributed by atoms with Gasteiger partial charge < -0.3 is 39.9 Å². The van der Waals surface area contributed by atoms with Crippen molar-refractivity contribution in [3.05, 3.63) is 85.1 Å². The van der Waals surface area contributed by atoms with Crippen LogP contribution >= 0.6 is 7.82 Å². The van der Waals surface area contributed by atoms with Gasteiger partial charge in [0.1, 0.15) is 43.2 Å². The maximum Gasteiger partial charge on any atom is 0.472 e. The second-order valence-corrected chi connectivity index (χ2v) is 17.6. The summed E-state index contributed by atoms with van der Waals surface area (Å²) in [5, 5.41) is 50.1. The average molecular weight is 923 g/mol. The van der Waals surface area contributed by atoms with E-state index in [9.17, 15) is 44.6 Å². The summed E-state index contributed by atoms with van der Waals surface area (Å²) in [7, 11) is -5.14. The molecular weight excluding hydrogens is 840 g/mol. The molecule has 0 bridgehead atoms. The lowest BCUT2D eigenvalue weighted by molar-refractivity contribution is -0.220. The summed E-state index contributed by atoms with van der Waals surface area (Å²) >= 11 is 0. The molecule has 1 rings (SSSR count). The van der Waals surface area contributed by atoms with Gasteiger partial charge in [-0.1, -0.05) is 157 Å². The molecular formula is C50H83O13P. The lowest BCUT2D eigenvalue weighted by Crippen LogP contribution is -2.64. The Balaban J connectivity index is 2.45. The van der Waals surface area contributed by atoms with Crippen LogP contribution in [0.25, 0.3) is 0 Å². The molecule has 8 atom stereocenters. The molecule has 0 heterocycles. The largest absolute Gasteiger partial charge is 0.472 e. The van der Waals surface area contributed by atoms with Crippen LogP contribution in [0.2, 0.25) is 0 Å². The molecule has 1 aliphatic carbocycles. The summed E-state index contributed by atoms with van der Waals surface area (Å²) in [6.07, 6.45) is 37.9. The first-order chi connectivity index (χ1) is 30.9. The lowest BCUT2D eigenvalue weighted by atomic mass is 9.85. The SMILES string of the molecule is CC/C=C/C/C=C/C/C=C/C/C=C/C/C=C/CCCCCCCCC(=O)OCC(COP(=O)(O)OC1C(O)C(O)C(O)[C@H](O)C1O)OC(=O)CC/C=C/C/C=C/CCCCCCCC. The Hall–Kier alpha value is -2.97. The van der Waals surface area contributed by atoms with Gasteiger partial charge in [-0.25, -0.2) is 4.57 Å². The number of carbonyl (C=O) groups is 2. The van der Waals surface area contributed by atoms with Crippen LogP contribution < -0.4 is 0 Å². The molecule has 0 amide bonds. The lowest BCUT2D eigenvalue weighted by Gasteiger charge is -2.41. The molecule has 0 aromatic rings. The van der Waals surface area contributed by atoms with Gasteiger partial charge in [0.05, 0.1) is 6.61 Å². The maximum atomic E-state index is 12.8. The summed E-state index contributed by atoms with van der Waals surface area (Å²) in [6.45, 7) is 3.10. The van der Waals surface area contributed by atoms with E-state index in [-0.39, 0.29) is 12.8 Å². The number of carbonyl (C=O) groups excluding carboxylic acids is 2. The zero-order valence-electron chi connectivity index (χ0n) is 38.8. The van der Waals surface area contributed by atoms with Crippen molar-refractivity contribution in [3.63, 3.8) is 0 Å². The van der Waals surface area contributed by atoms with Crippen molar-refractivity contribution in [1.82, 2.24) is 0 Å². The first kappa shape index (κ1) is 59.0. The van der Waals surface area contributed by atoms with Crippen molar-refractivity contribution >= 4 is 19.8 Å². The highest BCUT2D eigenvalue weighted by Crippen LogP contribution is 2.47. The molecule has 1 fully saturated rings. The molecule has 7 unspecified atom stereocenters. The first-order valence-electron chi connectivity index (χ1n) is 23.9. The van der Waals surface area contributed by atoms with E-state index in [1.54, 1.807) is 0 Å². The number of phosphoric acid groups is 1. The van der Waals surface area contributed by atoms with E-state index in [1.165, 1.54) is 38.5 Å². The van der Waals surface area contributed by atoms with E-state index in [1.807, 2.05) is 12.2 Å². The molecule has 13 nitrogen and oxygen atoms in total. The van der Waals surface area contributed by atoms with Gasteiger partial charge in [-0.15, -0.1) is 0 Å². The predicted molar refractivity (Wildman–Crippen MR) is 253 cm³/mol. The second kappa shape index (κ2) is 39.2. The van der Waals surface area contributed by atoms with Gasteiger partial charge in [0.15, 0.2) is 6.10 Å². The third-order valence-corrected chi connectivity index (χ3v) is 11.5. The van der Waals surface area contributed by atoms with E-state index in [0.717, 1.165) is 83.5 Å². The Morgan fingerprint density at radius 2 is 0.922 bits per heavy atom. The van der Waals surface area contributed by atoms with E-state index >= 15 is 0 Å². The number of aliphatic hydroxyl groups is 5. The molecule has 0 aromatic heterocycles. The molecule has 14 heteroatoms. The van der Waals surface area contributed by atoms with Gasteiger partial charge in [-0.3, -0.25) is 18.6 Å². The van der Waals surface area contributed by atoms with E-state index in [2.05, 4.69) is 86.8 Å². The standard InChI is InChI=1S/C50H83O13P/c1-3-5-7-9-11-13-15-17-18-19-20-21-22-23-24-25-27-28-30-32-34-36-38-43(51)60-40-42(41-61-64(58,59)63-50-48(56)46(54)45(53)47(55)49(50)57)62-44(52)39-37-35-33-31-29-26-16-14-12-10-8-6-4-2/h5,7,11,13,17-18,20-21,23-24,26,29,33,35,42,45-50,53-57H,3-4,6,8-10,12,14-16,19,22,25,27-28,30-32,34,36-41H2,1-2H3,(H,58,59)/b7-5+,13-11+,18-17+,21-20+,24-23+,29-26+,35-33+/t42?,45?,46-,47?,48?,49?,50?/m0/s1. The molecule has 6 N–H and O–H groups in total. The summed E-state index contributed by atoms with van der Waals surface area (Å²) < 4.78 is 33.4. The fraction of sp³-hybridized carbons (Fsp3) is 0.680. The van der Waals surface area contributed by atoms with Gasteiger partial charge in [-0.2, -0.15) is 0 Å². The van der Waals surface area contributed by atoms with Crippen molar-refractivity contribution in [2.24, 2.45) is 0 Å². The Kier molecular flexibility index (Phi) is 36.2. The molecule has 1 aliphatic rings. The Bertz CT molecular complexity index is 1440. The number of esters is 2.